The number of aryl methyl sites for hydroxylation is 1. The lowest BCUT2D eigenvalue weighted by Gasteiger charge is -2.40. The Morgan fingerprint density at radius 1 is 1.00 bits per heavy atom. The normalized spacial score (nSPS) is 40.3. The van der Waals surface area contributed by atoms with Crippen LogP contribution in [-0.2, 0) is 18.9 Å². The van der Waals surface area contributed by atoms with Crippen LogP contribution in [0.3, 0.4) is 0 Å². The minimum atomic E-state index is -0.597. The standard InChI is InChI=1S/C20H28O4/c1-5-6-14-11-15(13-9-7-12(2)8-10-13)16-17(21-14)18-19(22-16)24-20(3,4)23-18/h7-10,14-19H,5-6,11H2,1-4H3/t14-,15-,16+,17-,18+,19+/m0/s1. The van der Waals surface area contributed by atoms with Crippen LogP contribution in [-0.4, -0.2) is 36.5 Å². The molecule has 0 unspecified atom stereocenters. The molecule has 0 amide bonds. The Balaban J connectivity index is 1.61. The fourth-order valence-corrected chi connectivity index (χ4v) is 4.33. The summed E-state index contributed by atoms with van der Waals surface area (Å²) in [5, 5.41) is 0. The molecule has 132 valence electrons. The molecular formula is C20H28O4. The molecule has 0 N–H and O–H groups in total. The van der Waals surface area contributed by atoms with Crippen molar-refractivity contribution in [2.24, 2.45) is 0 Å². The molecule has 0 aliphatic carbocycles. The molecule has 3 heterocycles. The Morgan fingerprint density at radius 2 is 1.75 bits per heavy atom. The maximum absolute atomic E-state index is 6.40. The van der Waals surface area contributed by atoms with E-state index in [4.69, 9.17) is 18.9 Å². The van der Waals surface area contributed by atoms with Gasteiger partial charge < -0.3 is 18.9 Å². The van der Waals surface area contributed by atoms with Crippen LogP contribution < -0.4 is 0 Å². The minimum Gasteiger partial charge on any atom is -0.369 e. The number of benzene rings is 1. The Labute approximate surface area is 144 Å². The molecule has 0 radical (unpaired) electrons. The SMILES string of the molecule is CCC[C@H]1C[C@@H](c2ccc(C)cc2)[C@H]2O[C@@H]3OC(C)(C)O[C@@H]3[C@H]2O1. The number of ether oxygens (including phenoxy) is 4. The quantitative estimate of drug-likeness (QED) is 0.841. The monoisotopic (exact) mass is 332 g/mol. The first-order valence-corrected chi connectivity index (χ1v) is 9.20. The van der Waals surface area contributed by atoms with Crippen molar-refractivity contribution in [3.8, 4) is 0 Å². The van der Waals surface area contributed by atoms with Gasteiger partial charge in [0.25, 0.3) is 0 Å². The summed E-state index contributed by atoms with van der Waals surface area (Å²) in [5.74, 6) is -0.261. The lowest BCUT2D eigenvalue weighted by Crippen LogP contribution is -2.46. The Kier molecular flexibility index (Phi) is 4.20. The summed E-state index contributed by atoms with van der Waals surface area (Å²) in [5.41, 5.74) is 2.62. The van der Waals surface area contributed by atoms with Gasteiger partial charge in [0.1, 0.15) is 12.2 Å². The van der Waals surface area contributed by atoms with Crippen molar-refractivity contribution >= 4 is 0 Å². The Bertz CT molecular complexity index is 582. The average molecular weight is 332 g/mol. The zero-order valence-electron chi connectivity index (χ0n) is 15.0. The van der Waals surface area contributed by atoms with Gasteiger partial charge in [-0.15, -0.1) is 0 Å². The second-order valence-corrected chi connectivity index (χ2v) is 7.83. The van der Waals surface area contributed by atoms with E-state index >= 15 is 0 Å². The summed E-state index contributed by atoms with van der Waals surface area (Å²) < 4.78 is 24.7. The predicted octanol–water partition coefficient (Wildman–Crippen LogP) is 3.91. The van der Waals surface area contributed by atoms with Gasteiger partial charge in [0.15, 0.2) is 12.1 Å². The van der Waals surface area contributed by atoms with Crippen molar-refractivity contribution in [2.45, 2.75) is 89.4 Å². The summed E-state index contributed by atoms with van der Waals surface area (Å²) in [6, 6.07) is 8.82. The van der Waals surface area contributed by atoms with Gasteiger partial charge in [-0.05, 0) is 39.2 Å². The Morgan fingerprint density at radius 3 is 2.46 bits per heavy atom. The maximum atomic E-state index is 6.40. The van der Waals surface area contributed by atoms with E-state index in [2.05, 4.69) is 38.1 Å². The van der Waals surface area contributed by atoms with Crippen molar-refractivity contribution in [1.29, 1.82) is 0 Å². The van der Waals surface area contributed by atoms with Crippen LogP contribution >= 0.6 is 0 Å². The maximum Gasteiger partial charge on any atom is 0.190 e. The molecule has 24 heavy (non-hydrogen) atoms. The summed E-state index contributed by atoms with van der Waals surface area (Å²) in [6.07, 6.45) is 2.98. The number of hydrogen-bond acceptors (Lipinski definition) is 4. The van der Waals surface area contributed by atoms with Gasteiger partial charge >= 0.3 is 0 Å². The molecule has 0 spiro atoms. The van der Waals surface area contributed by atoms with E-state index in [1.165, 1.54) is 11.1 Å². The summed E-state index contributed by atoms with van der Waals surface area (Å²) in [7, 11) is 0. The molecule has 4 nitrogen and oxygen atoms in total. The minimum absolute atomic E-state index is 0.00640. The van der Waals surface area contributed by atoms with E-state index in [1.807, 2.05) is 13.8 Å². The fraction of sp³-hybridized carbons (Fsp3) is 0.700. The van der Waals surface area contributed by atoms with Crippen molar-refractivity contribution in [1.82, 2.24) is 0 Å². The fourth-order valence-electron chi connectivity index (χ4n) is 4.33. The molecule has 1 aromatic rings. The number of rotatable bonds is 3. The Hall–Kier alpha value is -0.940. The zero-order chi connectivity index (χ0) is 16.9. The van der Waals surface area contributed by atoms with Crippen LogP contribution in [0.4, 0.5) is 0 Å². The van der Waals surface area contributed by atoms with Crippen LogP contribution in [0.25, 0.3) is 0 Å². The van der Waals surface area contributed by atoms with Gasteiger partial charge in [-0.3, -0.25) is 0 Å². The summed E-state index contributed by atoms with van der Waals surface area (Å²) in [6.45, 7) is 8.21. The predicted molar refractivity (Wildman–Crippen MR) is 90.8 cm³/mol. The van der Waals surface area contributed by atoms with Crippen LogP contribution in [0, 0.1) is 6.92 Å². The molecule has 4 heteroatoms. The van der Waals surface area contributed by atoms with Crippen molar-refractivity contribution in [3.63, 3.8) is 0 Å². The number of fused-ring (bicyclic) bond motifs is 3. The van der Waals surface area contributed by atoms with Crippen LogP contribution in [0.2, 0.25) is 0 Å². The molecule has 0 bridgehead atoms. The molecular weight excluding hydrogens is 304 g/mol. The topological polar surface area (TPSA) is 36.9 Å². The zero-order valence-corrected chi connectivity index (χ0v) is 15.0. The first kappa shape index (κ1) is 16.5. The average Bonchev–Trinajstić information content (AvgIpc) is 3.00. The highest BCUT2D eigenvalue weighted by Crippen LogP contribution is 2.47. The first-order valence-electron chi connectivity index (χ1n) is 9.20. The molecule has 4 rings (SSSR count). The molecule has 3 aliphatic rings. The molecule has 0 aromatic heterocycles. The third-order valence-corrected chi connectivity index (χ3v) is 5.41. The summed E-state index contributed by atoms with van der Waals surface area (Å²) >= 11 is 0. The second-order valence-electron chi connectivity index (χ2n) is 7.83. The second kappa shape index (κ2) is 6.10. The third-order valence-electron chi connectivity index (χ3n) is 5.41. The summed E-state index contributed by atoms with van der Waals surface area (Å²) in [4.78, 5) is 0. The van der Waals surface area contributed by atoms with Crippen LogP contribution in [0.15, 0.2) is 24.3 Å². The molecule has 3 saturated heterocycles. The highest BCUT2D eigenvalue weighted by molar-refractivity contribution is 5.27. The largest absolute Gasteiger partial charge is 0.369 e. The van der Waals surface area contributed by atoms with E-state index in [1.54, 1.807) is 0 Å². The lowest BCUT2D eigenvalue weighted by molar-refractivity contribution is -0.234. The molecule has 3 fully saturated rings. The van der Waals surface area contributed by atoms with Crippen LogP contribution in [0.5, 0.6) is 0 Å². The van der Waals surface area contributed by atoms with E-state index in [0.717, 1.165) is 19.3 Å². The molecule has 3 aliphatic heterocycles. The van der Waals surface area contributed by atoms with Crippen LogP contribution in [0.1, 0.15) is 57.1 Å². The van der Waals surface area contributed by atoms with Crippen molar-refractivity contribution in [3.05, 3.63) is 35.4 Å². The number of hydrogen-bond donors (Lipinski definition) is 0. The van der Waals surface area contributed by atoms with Gasteiger partial charge in [-0.25, -0.2) is 0 Å². The van der Waals surface area contributed by atoms with Crippen molar-refractivity contribution in [2.75, 3.05) is 0 Å². The van der Waals surface area contributed by atoms with Gasteiger partial charge in [-0.1, -0.05) is 43.2 Å². The molecule has 1 aromatic carbocycles. The lowest BCUT2D eigenvalue weighted by atomic mass is 9.82. The molecule has 0 saturated carbocycles. The van der Waals surface area contributed by atoms with Gasteiger partial charge in [-0.2, -0.15) is 0 Å². The third kappa shape index (κ3) is 2.90. The van der Waals surface area contributed by atoms with E-state index in [-0.39, 0.29) is 30.7 Å². The highest BCUT2D eigenvalue weighted by Gasteiger charge is 2.59. The van der Waals surface area contributed by atoms with E-state index < -0.39 is 5.79 Å². The van der Waals surface area contributed by atoms with Gasteiger partial charge in [0, 0.05) is 5.92 Å². The first-order chi connectivity index (χ1) is 11.5. The smallest absolute Gasteiger partial charge is 0.190 e. The van der Waals surface area contributed by atoms with Crippen molar-refractivity contribution < 1.29 is 18.9 Å². The van der Waals surface area contributed by atoms with E-state index in [9.17, 15) is 0 Å². The van der Waals surface area contributed by atoms with E-state index in [0.29, 0.717) is 5.92 Å². The molecule has 6 atom stereocenters. The van der Waals surface area contributed by atoms with Gasteiger partial charge in [0.2, 0.25) is 0 Å². The highest BCUT2D eigenvalue weighted by atomic mass is 16.8. The van der Waals surface area contributed by atoms with Gasteiger partial charge in [0.05, 0.1) is 12.2 Å².